The number of aliphatic hydroxyl groups is 1. The largest absolute Gasteiger partial charge is 0.380 e. The lowest BCUT2D eigenvalue weighted by Crippen LogP contribution is -2.51. The second-order valence-corrected chi connectivity index (χ2v) is 8.45. The summed E-state index contributed by atoms with van der Waals surface area (Å²) in [6.45, 7) is 3.16. The van der Waals surface area contributed by atoms with Crippen LogP contribution in [0.15, 0.2) is 42.6 Å². The van der Waals surface area contributed by atoms with Gasteiger partial charge in [0.05, 0.1) is 0 Å². The molecule has 1 aliphatic carbocycles. The molecule has 3 aromatic rings. The fraction of sp³-hybridized carbons (Fsp3) is 0.364. The molecule has 2 aliphatic rings. The van der Waals surface area contributed by atoms with E-state index in [4.69, 9.17) is 11.6 Å². The van der Waals surface area contributed by atoms with Gasteiger partial charge in [0, 0.05) is 44.5 Å². The van der Waals surface area contributed by atoms with Gasteiger partial charge in [-0.2, -0.15) is 0 Å². The molecule has 156 valence electrons. The molecule has 8 heteroatoms. The maximum atomic E-state index is 14.9. The molecule has 30 heavy (non-hydrogen) atoms. The summed E-state index contributed by atoms with van der Waals surface area (Å²) in [5.74, 6) is -0.510. The van der Waals surface area contributed by atoms with E-state index in [2.05, 4.69) is 9.88 Å². The average Bonchev–Trinajstić information content (AvgIpc) is 3.42. The number of carbonyl (C=O) groups excluding carboxylic acids is 1. The number of benzene rings is 1. The predicted octanol–water partition coefficient (Wildman–Crippen LogP) is 2.96. The minimum atomic E-state index is -1.11. The number of nitrogens with zero attached hydrogens (tertiary/aromatic N) is 4. The van der Waals surface area contributed by atoms with Crippen LogP contribution in [0.3, 0.4) is 0 Å². The van der Waals surface area contributed by atoms with Crippen molar-refractivity contribution >= 4 is 23.2 Å². The van der Waals surface area contributed by atoms with Crippen molar-refractivity contribution < 1.29 is 14.3 Å². The van der Waals surface area contributed by atoms with Gasteiger partial charge in [-0.15, -0.1) is 0 Å². The summed E-state index contributed by atoms with van der Waals surface area (Å²) < 4.78 is 16.6. The molecule has 6 nitrogen and oxygen atoms in total. The summed E-state index contributed by atoms with van der Waals surface area (Å²) in [6, 6.07) is 10.7. The summed E-state index contributed by atoms with van der Waals surface area (Å²) in [5.41, 5.74) is 1.22. The molecule has 1 amide bonds. The van der Waals surface area contributed by atoms with Crippen LogP contribution in [-0.4, -0.2) is 62.0 Å². The lowest BCUT2D eigenvalue weighted by molar-refractivity contribution is -0.144. The van der Waals surface area contributed by atoms with Crippen molar-refractivity contribution in [1.29, 1.82) is 0 Å². The second-order valence-electron chi connectivity index (χ2n) is 8.09. The molecule has 1 saturated carbocycles. The van der Waals surface area contributed by atoms with Crippen LogP contribution in [0.5, 0.6) is 0 Å². The Bertz CT molecular complexity index is 1120. The highest BCUT2D eigenvalue weighted by Crippen LogP contribution is 2.37. The van der Waals surface area contributed by atoms with Gasteiger partial charge in [-0.3, -0.25) is 14.1 Å². The van der Waals surface area contributed by atoms with Crippen LogP contribution in [0.25, 0.3) is 16.9 Å². The third kappa shape index (κ3) is 3.47. The average molecular weight is 429 g/mol. The summed E-state index contributed by atoms with van der Waals surface area (Å²) in [6.07, 6.45) is 2.93. The van der Waals surface area contributed by atoms with Crippen LogP contribution >= 0.6 is 11.6 Å². The molecular formula is C22H22ClFN4O2. The molecule has 0 unspecified atom stereocenters. The Hall–Kier alpha value is -2.48. The van der Waals surface area contributed by atoms with Gasteiger partial charge in [-0.25, -0.2) is 9.37 Å². The minimum Gasteiger partial charge on any atom is -0.380 e. The molecule has 0 bridgehead atoms. The van der Waals surface area contributed by atoms with E-state index in [1.54, 1.807) is 21.6 Å². The molecule has 1 aromatic carbocycles. The van der Waals surface area contributed by atoms with Gasteiger partial charge in [0.1, 0.15) is 27.9 Å². The number of aromatic nitrogens is 2. The molecule has 1 N–H and O–H groups in total. The second kappa shape index (κ2) is 7.34. The molecule has 1 aliphatic heterocycles. The normalized spacial score (nSPS) is 18.7. The van der Waals surface area contributed by atoms with Gasteiger partial charge in [-0.05, 0) is 42.7 Å². The molecular weight excluding hydrogens is 407 g/mol. The van der Waals surface area contributed by atoms with E-state index >= 15 is 0 Å². The van der Waals surface area contributed by atoms with Crippen molar-refractivity contribution in [2.24, 2.45) is 0 Å². The number of piperazine rings is 1. The first-order valence-electron chi connectivity index (χ1n) is 10.1. The number of halogens is 2. The quantitative estimate of drug-likeness (QED) is 0.694. The van der Waals surface area contributed by atoms with Gasteiger partial charge in [0.15, 0.2) is 0 Å². The van der Waals surface area contributed by atoms with Crippen LogP contribution in [0.4, 0.5) is 4.39 Å². The molecule has 1 saturated heterocycles. The van der Waals surface area contributed by atoms with E-state index in [-0.39, 0.29) is 11.7 Å². The Morgan fingerprint density at radius 1 is 1.17 bits per heavy atom. The monoisotopic (exact) mass is 428 g/mol. The number of fused-ring (bicyclic) bond motifs is 1. The zero-order valence-corrected chi connectivity index (χ0v) is 17.1. The summed E-state index contributed by atoms with van der Waals surface area (Å²) in [4.78, 5) is 20.6. The zero-order chi connectivity index (χ0) is 20.9. The Kier molecular flexibility index (Phi) is 4.76. The highest BCUT2D eigenvalue weighted by Gasteiger charge is 2.50. The van der Waals surface area contributed by atoms with E-state index in [1.165, 1.54) is 6.07 Å². The van der Waals surface area contributed by atoms with Gasteiger partial charge >= 0.3 is 0 Å². The number of pyridine rings is 1. The lowest BCUT2D eigenvalue weighted by atomic mass is 10.1. The molecule has 0 spiro atoms. The Morgan fingerprint density at radius 3 is 2.60 bits per heavy atom. The van der Waals surface area contributed by atoms with Crippen molar-refractivity contribution in [3.8, 4) is 11.3 Å². The summed E-state index contributed by atoms with van der Waals surface area (Å²) in [5, 5.41) is 10.4. The van der Waals surface area contributed by atoms with E-state index < -0.39 is 5.60 Å². The fourth-order valence-corrected chi connectivity index (χ4v) is 4.27. The van der Waals surface area contributed by atoms with Crippen LogP contribution in [-0.2, 0) is 11.3 Å². The van der Waals surface area contributed by atoms with Crippen molar-refractivity contribution in [2.45, 2.75) is 25.0 Å². The summed E-state index contributed by atoms with van der Waals surface area (Å²) in [7, 11) is 0. The van der Waals surface area contributed by atoms with Crippen LogP contribution in [0.1, 0.15) is 18.4 Å². The van der Waals surface area contributed by atoms with Crippen molar-refractivity contribution in [3.05, 3.63) is 59.1 Å². The molecule has 2 aromatic heterocycles. The Labute approximate surface area is 178 Å². The van der Waals surface area contributed by atoms with Crippen molar-refractivity contribution in [1.82, 2.24) is 19.2 Å². The SMILES string of the molecule is O=C(N1CCN(Cc2ccc(-c3nc4ccccn4c3Cl)c(F)c2)CC1)C1(O)CC1. The maximum Gasteiger partial charge on any atom is 0.254 e. The number of imidazole rings is 1. The standard InChI is InChI=1S/C22H22ClFN4O2/c23-20-19(25-18-3-1-2-8-28(18)20)16-5-4-15(13-17(16)24)14-26-9-11-27(12-10-26)21(29)22(30)6-7-22/h1-5,8,13,30H,6-7,9-12,14H2. The van der Waals surface area contributed by atoms with Gasteiger partial charge in [0.25, 0.3) is 5.91 Å². The number of hydrogen-bond donors (Lipinski definition) is 1. The zero-order valence-electron chi connectivity index (χ0n) is 16.4. The fourth-order valence-electron chi connectivity index (χ4n) is 3.98. The van der Waals surface area contributed by atoms with Crippen LogP contribution in [0.2, 0.25) is 5.15 Å². The first-order chi connectivity index (χ1) is 14.4. The molecule has 2 fully saturated rings. The molecule has 0 radical (unpaired) electrons. The Balaban J connectivity index is 1.27. The van der Waals surface area contributed by atoms with E-state index in [0.717, 1.165) is 5.56 Å². The number of rotatable bonds is 4. The van der Waals surface area contributed by atoms with Crippen LogP contribution in [0, 0.1) is 5.82 Å². The molecule has 3 heterocycles. The van der Waals surface area contributed by atoms with E-state index in [0.29, 0.717) is 67.6 Å². The number of hydrogen-bond acceptors (Lipinski definition) is 4. The van der Waals surface area contributed by atoms with Gasteiger partial charge in [-0.1, -0.05) is 23.7 Å². The van der Waals surface area contributed by atoms with Crippen LogP contribution < -0.4 is 0 Å². The highest BCUT2D eigenvalue weighted by molar-refractivity contribution is 6.32. The third-order valence-corrected chi connectivity index (χ3v) is 6.31. The lowest BCUT2D eigenvalue weighted by Gasteiger charge is -2.35. The van der Waals surface area contributed by atoms with E-state index in [1.807, 2.05) is 24.3 Å². The van der Waals surface area contributed by atoms with Crippen molar-refractivity contribution in [2.75, 3.05) is 26.2 Å². The molecule has 0 atom stereocenters. The van der Waals surface area contributed by atoms with Crippen molar-refractivity contribution in [3.63, 3.8) is 0 Å². The third-order valence-electron chi connectivity index (χ3n) is 5.95. The maximum absolute atomic E-state index is 14.9. The number of carbonyl (C=O) groups is 1. The first-order valence-corrected chi connectivity index (χ1v) is 10.5. The minimum absolute atomic E-state index is 0.151. The van der Waals surface area contributed by atoms with Gasteiger partial charge < -0.3 is 10.0 Å². The summed E-state index contributed by atoms with van der Waals surface area (Å²) >= 11 is 6.41. The molecule has 5 rings (SSSR count). The predicted molar refractivity (Wildman–Crippen MR) is 112 cm³/mol. The smallest absolute Gasteiger partial charge is 0.254 e. The topological polar surface area (TPSA) is 61.1 Å². The van der Waals surface area contributed by atoms with E-state index in [9.17, 15) is 14.3 Å². The Morgan fingerprint density at radius 2 is 1.93 bits per heavy atom. The highest BCUT2D eigenvalue weighted by atomic mass is 35.5. The number of amides is 1. The first kappa shape index (κ1) is 19.5. The van der Waals surface area contributed by atoms with Gasteiger partial charge in [0.2, 0.25) is 0 Å².